The Balaban J connectivity index is 2.19. The normalized spacial score (nSPS) is 17.4. The van der Waals surface area contributed by atoms with Gasteiger partial charge in [-0.1, -0.05) is 54.6 Å². The zero-order chi connectivity index (χ0) is 20.8. The maximum atomic E-state index is 10.3. The predicted molar refractivity (Wildman–Crippen MR) is 107 cm³/mol. The highest BCUT2D eigenvalue weighted by Gasteiger charge is 2.35. The summed E-state index contributed by atoms with van der Waals surface area (Å²) in [6, 6.07) is 15.8. The second kappa shape index (κ2) is 9.52. The fourth-order valence-electron chi connectivity index (χ4n) is 2.87. The molecule has 2 aromatic rings. The summed E-state index contributed by atoms with van der Waals surface area (Å²) < 4.78 is 0. The van der Waals surface area contributed by atoms with Crippen molar-refractivity contribution in [1.82, 2.24) is 0 Å². The molecule has 0 fully saturated rings. The van der Waals surface area contributed by atoms with Crippen LogP contribution < -0.4 is 0 Å². The van der Waals surface area contributed by atoms with Gasteiger partial charge in [-0.15, -0.1) is 0 Å². The number of aliphatic hydroxyl groups excluding tert-OH is 6. The zero-order valence-corrected chi connectivity index (χ0v) is 15.8. The van der Waals surface area contributed by atoms with Gasteiger partial charge in [0.1, 0.15) is 35.9 Å². The van der Waals surface area contributed by atoms with E-state index in [0.717, 1.165) is 5.56 Å². The SMILES string of the molecule is CC(=C(O)[C@@H](O)[C@@H](O)[C@H](O)[C@@H](O)C(O)=Cc1ccccc1)c1ccccc1C. The number of benzene rings is 2. The fraction of sp³-hybridized carbons (Fsp3) is 0.273. The highest BCUT2D eigenvalue weighted by Crippen LogP contribution is 2.24. The van der Waals surface area contributed by atoms with Crippen molar-refractivity contribution in [1.29, 1.82) is 0 Å². The first-order valence-corrected chi connectivity index (χ1v) is 8.87. The van der Waals surface area contributed by atoms with Gasteiger partial charge in [-0.2, -0.15) is 0 Å². The molecule has 6 N–H and O–H groups in total. The van der Waals surface area contributed by atoms with Crippen molar-refractivity contribution in [2.45, 2.75) is 38.3 Å². The summed E-state index contributed by atoms with van der Waals surface area (Å²) in [6.45, 7) is 3.41. The number of aliphatic hydroxyl groups is 6. The third-order valence-corrected chi connectivity index (χ3v) is 4.63. The first-order chi connectivity index (χ1) is 13.2. The predicted octanol–water partition coefficient (Wildman–Crippen LogP) is 2.33. The molecule has 2 rings (SSSR count). The molecule has 0 aliphatic rings. The van der Waals surface area contributed by atoms with Crippen LogP contribution in [0, 0.1) is 6.92 Å². The number of rotatable bonds is 7. The summed E-state index contributed by atoms with van der Waals surface area (Å²) in [5.74, 6) is -1.11. The Hall–Kier alpha value is -2.64. The average molecular weight is 386 g/mol. The molecule has 0 bridgehead atoms. The van der Waals surface area contributed by atoms with Crippen LogP contribution in [-0.2, 0) is 0 Å². The molecule has 0 amide bonds. The van der Waals surface area contributed by atoms with E-state index in [-0.39, 0.29) is 0 Å². The lowest BCUT2D eigenvalue weighted by Gasteiger charge is -2.27. The van der Waals surface area contributed by atoms with Crippen LogP contribution in [0.4, 0.5) is 0 Å². The van der Waals surface area contributed by atoms with Crippen molar-refractivity contribution in [3.05, 3.63) is 82.8 Å². The lowest BCUT2D eigenvalue weighted by Crippen LogP contribution is -2.46. The van der Waals surface area contributed by atoms with Crippen LogP contribution in [0.3, 0.4) is 0 Å². The van der Waals surface area contributed by atoms with E-state index in [2.05, 4.69) is 0 Å². The standard InChI is InChI=1S/C22H26O6/c1-13-8-6-7-11-16(13)14(2)18(24)20(26)22(28)21(27)19(25)17(23)12-15-9-4-3-5-10-15/h3-12,19-28H,1-2H3/t19-,20+,21+,22+/m0/s1. The number of allylic oxidation sites excluding steroid dienone is 1. The molecule has 4 atom stereocenters. The third-order valence-electron chi connectivity index (χ3n) is 4.63. The third kappa shape index (κ3) is 4.99. The Bertz CT molecular complexity index is 843. The Morgan fingerprint density at radius 2 is 1.32 bits per heavy atom. The van der Waals surface area contributed by atoms with E-state index >= 15 is 0 Å². The van der Waals surface area contributed by atoms with Gasteiger partial charge in [0.25, 0.3) is 0 Å². The average Bonchev–Trinajstić information content (AvgIpc) is 2.71. The van der Waals surface area contributed by atoms with Crippen LogP contribution >= 0.6 is 0 Å². The van der Waals surface area contributed by atoms with Gasteiger partial charge in [0.05, 0.1) is 0 Å². The van der Waals surface area contributed by atoms with E-state index in [1.165, 1.54) is 6.08 Å². The lowest BCUT2D eigenvalue weighted by molar-refractivity contribution is -0.0998. The molecule has 6 nitrogen and oxygen atoms in total. The van der Waals surface area contributed by atoms with Gasteiger partial charge in [0.15, 0.2) is 0 Å². The molecule has 0 saturated carbocycles. The van der Waals surface area contributed by atoms with Crippen LogP contribution in [0.2, 0.25) is 0 Å². The molecule has 28 heavy (non-hydrogen) atoms. The van der Waals surface area contributed by atoms with Crippen LogP contribution in [-0.4, -0.2) is 55.1 Å². The summed E-state index contributed by atoms with van der Waals surface area (Å²) in [5, 5.41) is 61.1. The van der Waals surface area contributed by atoms with Crippen molar-refractivity contribution < 1.29 is 30.6 Å². The van der Waals surface area contributed by atoms with Gasteiger partial charge in [-0.25, -0.2) is 0 Å². The molecule has 150 valence electrons. The van der Waals surface area contributed by atoms with Crippen molar-refractivity contribution in [2.24, 2.45) is 0 Å². The minimum atomic E-state index is -1.93. The van der Waals surface area contributed by atoms with Crippen LogP contribution in [0.1, 0.15) is 23.6 Å². The summed E-state index contributed by atoms with van der Waals surface area (Å²) in [7, 11) is 0. The largest absolute Gasteiger partial charge is 0.509 e. The molecular formula is C22H26O6. The smallest absolute Gasteiger partial charge is 0.139 e. The van der Waals surface area contributed by atoms with Crippen molar-refractivity contribution in [2.75, 3.05) is 0 Å². The van der Waals surface area contributed by atoms with Crippen LogP contribution in [0.15, 0.2) is 66.1 Å². The van der Waals surface area contributed by atoms with Gasteiger partial charge in [0, 0.05) is 0 Å². The molecule has 6 heteroatoms. The van der Waals surface area contributed by atoms with E-state index in [0.29, 0.717) is 16.7 Å². The molecule has 0 spiro atoms. The molecule has 0 saturated heterocycles. The Labute approximate surface area is 164 Å². The minimum Gasteiger partial charge on any atom is -0.509 e. The molecule has 0 aliphatic carbocycles. The quantitative estimate of drug-likeness (QED) is 0.406. The van der Waals surface area contributed by atoms with Gasteiger partial charge in [0.2, 0.25) is 0 Å². The summed E-state index contributed by atoms with van der Waals surface area (Å²) >= 11 is 0. The number of aryl methyl sites for hydroxylation is 1. The highest BCUT2D eigenvalue weighted by molar-refractivity contribution is 5.68. The molecule has 0 aliphatic heterocycles. The summed E-state index contributed by atoms with van der Waals surface area (Å²) in [4.78, 5) is 0. The molecule has 0 aromatic heterocycles. The highest BCUT2D eigenvalue weighted by atomic mass is 16.4. The minimum absolute atomic E-state index is 0.329. The first-order valence-electron chi connectivity index (χ1n) is 8.87. The summed E-state index contributed by atoms with van der Waals surface area (Å²) in [6.07, 6.45) is -6.33. The van der Waals surface area contributed by atoms with E-state index < -0.39 is 35.9 Å². The topological polar surface area (TPSA) is 121 Å². The van der Waals surface area contributed by atoms with E-state index in [1.807, 2.05) is 19.1 Å². The second-order valence-electron chi connectivity index (χ2n) is 6.68. The van der Waals surface area contributed by atoms with Crippen molar-refractivity contribution >= 4 is 11.6 Å². The lowest BCUT2D eigenvalue weighted by atomic mass is 9.94. The molecular weight excluding hydrogens is 360 g/mol. The fourth-order valence-corrected chi connectivity index (χ4v) is 2.87. The number of hydrogen-bond donors (Lipinski definition) is 6. The van der Waals surface area contributed by atoms with Crippen molar-refractivity contribution in [3.8, 4) is 0 Å². The second-order valence-corrected chi connectivity index (χ2v) is 6.68. The van der Waals surface area contributed by atoms with Gasteiger partial charge in [-0.05, 0) is 42.2 Å². The maximum Gasteiger partial charge on any atom is 0.139 e. The van der Waals surface area contributed by atoms with Crippen LogP contribution in [0.5, 0.6) is 0 Å². The van der Waals surface area contributed by atoms with E-state index in [9.17, 15) is 30.6 Å². The van der Waals surface area contributed by atoms with Gasteiger partial charge in [-0.3, -0.25) is 0 Å². The van der Waals surface area contributed by atoms with Gasteiger partial charge >= 0.3 is 0 Å². The van der Waals surface area contributed by atoms with Crippen molar-refractivity contribution in [3.63, 3.8) is 0 Å². The molecule has 2 aromatic carbocycles. The van der Waals surface area contributed by atoms with Gasteiger partial charge < -0.3 is 30.6 Å². The summed E-state index contributed by atoms with van der Waals surface area (Å²) in [5.41, 5.74) is 2.44. The number of hydrogen-bond acceptors (Lipinski definition) is 6. The maximum absolute atomic E-state index is 10.3. The Morgan fingerprint density at radius 3 is 1.93 bits per heavy atom. The zero-order valence-electron chi connectivity index (χ0n) is 15.8. The Kier molecular flexibility index (Phi) is 7.37. The van der Waals surface area contributed by atoms with E-state index in [1.54, 1.807) is 49.4 Å². The monoisotopic (exact) mass is 386 g/mol. The molecule has 0 radical (unpaired) electrons. The molecule has 0 unspecified atom stereocenters. The Morgan fingerprint density at radius 1 is 0.786 bits per heavy atom. The van der Waals surface area contributed by atoms with Crippen LogP contribution in [0.25, 0.3) is 11.6 Å². The van der Waals surface area contributed by atoms with E-state index in [4.69, 9.17) is 0 Å². The first kappa shape index (κ1) is 21.7. The molecule has 0 heterocycles.